The van der Waals surface area contributed by atoms with Crippen molar-refractivity contribution < 1.29 is 5.11 Å². The van der Waals surface area contributed by atoms with Gasteiger partial charge in [-0.05, 0) is 5.04 Å². The molecule has 0 rings (SSSR count). The molecule has 66 valence electrons. The van der Waals surface area contributed by atoms with E-state index < -0.39 is 8.07 Å². The first kappa shape index (κ1) is 11.2. The van der Waals surface area contributed by atoms with E-state index in [2.05, 4.69) is 49.8 Å². The van der Waals surface area contributed by atoms with Gasteiger partial charge in [0.2, 0.25) is 0 Å². The van der Waals surface area contributed by atoms with Crippen LogP contribution in [0.4, 0.5) is 0 Å². The van der Waals surface area contributed by atoms with Gasteiger partial charge in [-0.2, -0.15) is 0 Å². The third-order valence-corrected chi connectivity index (χ3v) is 8.65. The van der Waals surface area contributed by atoms with Gasteiger partial charge in [0.15, 0.2) is 0 Å². The molecule has 0 saturated carbocycles. The fourth-order valence-electron chi connectivity index (χ4n) is 0.521. The first-order chi connectivity index (χ1) is 4.73. The normalized spacial score (nSPS) is 15.3. The first-order valence-corrected chi connectivity index (χ1v) is 7.65. The van der Waals surface area contributed by atoms with Gasteiger partial charge in [-0.15, -0.1) is 0 Å². The highest BCUT2D eigenvalue weighted by Crippen LogP contribution is 2.39. The second-order valence-corrected chi connectivity index (χ2v) is 10.1. The van der Waals surface area contributed by atoms with E-state index in [-0.39, 0.29) is 5.04 Å². The SMILES string of the molecule is CC(C)(C)[Si](C)(C)/C(O)=C/Br. The molecule has 1 nitrogen and oxygen atoms in total. The first-order valence-electron chi connectivity index (χ1n) is 3.73. The van der Waals surface area contributed by atoms with Crippen LogP contribution in [-0.4, -0.2) is 13.2 Å². The number of rotatable bonds is 1. The summed E-state index contributed by atoms with van der Waals surface area (Å²) in [4.78, 5) is 1.64. The van der Waals surface area contributed by atoms with E-state index in [0.29, 0.717) is 5.38 Å². The highest BCUT2D eigenvalue weighted by molar-refractivity contribution is 9.11. The Morgan fingerprint density at radius 1 is 1.36 bits per heavy atom. The van der Waals surface area contributed by atoms with Gasteiger partial charge in [-0.3, -0.25) is 0 Å². The summed E-state index contributed by atoms with van der Waals surface area (Å²) in [6, 6.07) is 0. The minimum absolute atomic E-state index is 0.210. The fourth-order valence-corrected chi connectivity index (χ4v) is 3.28. The smallest absolute Gasteiger partial charge is 0.131 e. The fraction of sp³-hybridized carbons (Fsp3) is 0.750. The average Bonchev–Trinajstić information content (AvgIpc) is 1.83. The summed E-state index contributed by atoms with van der Waals surface area (Å²) in [5, 5.41) is 10.3. The van der Waals surface area contributed by atoms with Crippen LogP contribution in [-0.2, 0) is 0 Å². The molecule has 0 aliphatic rings. The summed E-state index contributed by atoms with van der Waals surface area (Å²) >= 11 is 3.17. The Bertz CT molecular complexity index is 167. The lowest BCUT2D eigenvalue weighted by molar-refractivity contribution is 0.438. The molecule has 0 saturated heterocycles. The lowest BCUT2D eigenvalue weighted by Gasteiger charge is -2.35. The van der Waals surface area contributed by atoms with E-state index in [9.17, 15) is 5.11 Å². The van der Waals surface area contributed by atoms with Crippen LogP contribution in [0.25, 0.3) is 0 Å². The van der Waals surface area contributed by atoms with Gasteiger partial charge in [-0.1, -0.05) is 49.8 Å². The zero-order chi connectivity index (χ0) is 9.28. The van der Waals surface area contributed by atoms with E-state index in [0.717, 1.165) is 0 Å². The lowest BCUT2D eigenvalue weighted by atomic mass is 10.2. The molecule has 0 aromatic carbocycles. The Labute approximate surface area is 78.6 Å². The van der Waals surface area contributed by atoms with Gasteiger partial charge in [0, 0.05) is 4.99 Å². The molecule has 3 heteroatoms. The van der Waals surface area contributed by atoms with Crippen molar-refractivity contribution in [2.75, 3.05) is 0 Å². The average molecular weight is 237 g/mol. The third kappa shape index (κ3) is 2.34. The van der Waals surface area contributed by atoms with Gasteiger partial charge in [0.05, 0.1) is 5.38 Å². The molecule has 0 heterocycles. The summed E-state index contributed by atoms with van der Waals surface area (Å²) in [5.41, 5.74) is 0. The predicted molar refractivity (Wildman–Crippen MR) is 56.8 cm³/mol. The topological polar surface area (TPSA) is 20.2 Å². The molecule has 0 unspecified atom stereocenters. The summed E-state index contributed by atoms with van der Waals surface area (Å²) in [7, 11) is -1.64. The molecule has 0 spiro atoms. The standard InChI is InChI=1S/C8H17BrOSi/c1-8(2,3)11(4,5)7(10)6-9/h6,10H,1-5H3/b7-6+. The predicted octanol–water partition coefficient (Wildman–Crippen LogP) is 3.83. The molecule has 0 fully saturated rings. The van der Waals surface area contributed by atoms with E-state index in [1.54, 1.807) is 4.99 Å². The number of hydrogen-bond donors (Lipinski definition) is 1. The second kappa shape index (κ2) is 3.31. The van der Waals surface area contributed by atoms with Crippen LogP contribution in [0.2, 0.25) is 18.1 Å². The maximum atomic E-state index is 9.60. The Morgan fingerprint density at radius 3 is 1.82 bits per heavy atom. The number of aliphatic hydroxyl groups is 1. The monoisotopic (exact) mass is 236 g/mol. The van der Waals surface area contributed by atoms with Crippen LogP contribution in [0.5, 0.6) is 0 Å². The van der Waals surface area contributed by atoms with E-state index in [1.807, 2.05) is 0 Å². The molecular weight excluding hydrogens is 220 g/mol. The van der Waals surface area contributed by atoms with Crippen LogP contribution in [0.3, 0.4) is 0 Å². The van der Waals surface area contributed by atoms with Crippen molar-refractivity contribution in [3.05, 3.63) is 10.4 Å². The van der Waals surface area contributed by atoms with Gasteiger partial charge in [0.1, 0.15) is 8.07 Å². The molecular formula is C8H17BrOSi. The minimum Gasteiger partial charge on any atom is -0.517 e. The van der Waals surface area contributed by atoms with Crippen molar-refractivity contribution in [1.82, 2.24) is 0 Å². The van der Waals surface area contributed by atoms with E-state index in [1.165, 1.54) is 0 Å². The molecule has 0 atom stereocenters. The molecule has 0 aliphatic carbocycles. The van der Waals surface area contributed by atoms with Crippen molar-refractivity contribution in [1.29, 1.82) is 0 Å². The highest BCUT2D eigenvalue weighted by atomic mass is 79.9. The highest BCUT2D eigenvalue weighted by Gasteiger charge is 2.38. The van der Waals surface area contributed by atoms with E-state index >= 15 is 0 Å². The number of halogens is 1. The zero-order valence-corrected chi connectivity index (χ0v) is 10.5. The van der Waals surface area contributed by atoms with Crippen molar-refractivity contribution in [2.45, 2.75) is 38.9 Å². The van der Waals surface area contributed by atoms with Gasteiger partial charge in [-0.25, -0.2) is 0 Å². The molecule has 0 amide bonds. The second-order valence-electron chi connectivity index (χ2n) is 4.37. The molecule has 0 aromatic rings. The molecule has 0 bridgehead atoms. The Morgan fingerprint density at radius 2 is 1.73 bits per heavy atom. The Balaban J connectivity index is 4.74. The summed E-state index contributed by atoms with van der Waals surface area (Å²) < 4.78 is 0. The molecule has 11 heavy (non-hydrogen) atoms. The van der Waals surface area contributed by atoms with E-state index in [4.69, 9.17) is 0 Å². The van der Waals surface area contributed by atoms with Crippen molar-refractivity contribution in [3.63, 3.8) is 0 Å². The third-order valence-electron chi connectivity index (χ3n) is 2.62. The molecule has 0 radical (unpaired) electrons. The largest absolute Gasteiger partial charge is 0.517 e. The van der Waals surface area contributed by atoms with Gasteiger partial charge in [0.25, 0.3) is 0 Å². The minimum atomic E-state index is -1.64. The molecule has 1 N–H and O–H groups in total. The van der Waals surface area contributed by atoms with Crippen molar-refractivity contribution in [2.24, 2.45) is 0 Å². The van der Waals surface area contributed by atoms with Gasteiger partial charge >= 0.3 is 0 Å². The Hall–Kier alpha value is 0.237. The maximum Gasteiger partial charge on any atom is 0.131 e. The summed E-state index contributed by atoms with van der Waals surface area (Å²) in [5.74, 6) is 0. The van der Waals surface area contributed by atoms with Crippen LogP contribution < -0.4 is 0 Å². The molecule has 0 aliphatic heterocycles. The summed E-state index contributed by atoms with van der Waals surface area (Å²) in [6.07, 6.45) is 0. The number of hydrogen-bond acceptors (Lipinski definition) is 1. The van der Waals surface area contributed by atoms with Crippen LogP contribution >= 0.6 is 15.9 Å². The Kier molecular flexibility index (Phi) is 3.38. The summed E-state index contributed by atoms with van der Waals surface area (Å²) in [6.45, 7) is 10.9. The molecule has 0 aromatic heterocycles. The van der Waals surface area contributed by atoms with Crippen LogP contribution in [0, 0.1) is 0 Å². The van der Waals surface area contributed by atoms with Gasteiger partial charge < -0.3 is 5.11 Å². The van der Waals surface area contributed by atoms with Crippen LogP contribution in [0.15, 0.2) is 10.4 Å². The van der Waals surface area contributed by atoms with Crippen molar-refractivity contribution >= 4 is 24.0 Å². The lowest BCUT2D eigenvalue weighted by Crippen LogP contribution is -2.39. The van der Waals surface area contributed by atoms with Crippen molar-refractivity contribution in [3.8, 4) is 0 Å². The van der Waals surface area contributed by atoms with Crippen LogP contribution in [0.1, 0.15) is 20.8 Å². The number of aliphatic hydroxyl groups excluding tert-OH is 1. The zero-order valence-electron chi connectivity index (χ0n) is 7.90. The maximum absolute atomic E-state index is 9.60. The quantitative estimate of drug-likeness (QED) is 0.542.